The second-order valence-electron chi connectivity index (χ2n) is 5.37. The molecule has 2 aromatic rings. The molecule has 0 amide bonds. The molecule has 19 heavy (non-hydrogen) atoms. The first-order valence-corrected chi connectivity index (χ1v) is 7.04. The van der Waals surface area contributed by atoms with Crippen molar-refractivity contribution >= 4 is 0 Å². The quantitative estimate of drug-likeness (QED) is 0.909. The lowest BCUT2D eigenvalue weighted by Crippen LogP contribution is -2.13. The van der Waals surface area contributed by atoms with Crippen LogP contribution in [0.15, 0.2) is 24.4 Å². The molecule has 0 unspecified atom stereocenters. The SMILES string of the molecule is CNCc1cnc(C)n1Cc1ccc2c(c1)CCC2. The second kappa shape index (κ2) is 5.17. The summed E-state index contributed by atoms with van der Waals surface area (Å²) in [5.41, 5.74) is 5.73. The molecule has 0 bridgehead atoms. The molecule has 0 spiro atoms. The summed E-state index contributed by atoms with van der Waals surface area (Å²) in [4.78, 5) is 4.43. The van der Waals surface area contributed by atoms with Gasteiger partial charge in [0.25, 0.3) is 0 Å². The van der Waals surface area contributed by atoms with Crippen LogP contribution < -0.4 is 5.32 Å². The van der Waals surface area contributed by atoms with Gasteiger partial charge in [0.1, 0.15) is 5.82 Å². The zero-order valence-electron chi connectivity index (χ0n) is 11.7. The third kappa shape index (κ3) is 2.43. The van der Waals surface area contributed by atoms with Crippen LogP contribution in [-0.2, 0) is 25.9 Å². The topological polar surface area (TPSA) is 29.9 Å². The van der Waals surface area contributed by atoms with E-state index in [1.165, 1.54) is 30.5 Å². The van der Waals surface area contributed by atoms with Crippen LogP contribution in [0.2, 0.25) is 0 Å². The number of aromatic nitrogens is 2. The zero-order valence-corrected chi connectivity index (χ0v) is 11.7. The molecule has 3 rings (SSSR count). The minimum Gasteiger partial charge on any atom is -0.327 e. The maximum absolute atomic E-state index is 4.43. The fraction of sp³-hybridized carbons (Fsp3) is 0.438. The number of nitrogens with zero attached hydrogens (tertiary/aromatic N) is 2. The number of aryl methyl sites for hydroxylation is 3. The van der Waals surface area contributed by atoms with Crippen LogP contribution in [0.1, 0.15) is 34.6 Å². The van der Waals surface area contributed by atoms with Crippen molar-refractivity contribution in [3.63, 3.8) is 0 Å². The molecule has 0 fully saturated rings. The average Bonchev–Trinajstić information content (AvgIpc) is 3.00. The summed E-state index contributed by atoms with van der Waals surface area (Å²) in [7, 11) is 1.97. The van der Waals surface area contributed by atoms with E-state index in [1.807, 2.05) is 13.2 Å². The molecule has 0 atom stereocenters. The van der Waals surface area contributed by atoms with Crippen LogP contribution in [0.4, 0.5) is 0 Å². The number of rotatable bonds is 4. The molecule has 0 saturated heterocycles. The monoisotopic (exact) mass is 255 g/mol. The van der Waals surface area contributed by atoms with E-state index in [9.17, 15) is 0 Å². The molecule has 1 aromatic carbocycles. The van der Waals surface area contributed by atoms with Gasteiger partial charge in [0.15, 0.2) is 0 Å². The molecule has 100 valence electrons. The Bertz CT molecular complexity index is 584. The first-order valence-electron chi connectivity index (χ1n) is 7.04. The lowest BCUT2D eigenvalue weighted by molar-refractivity contribution is 0.675. The molecule has 3 heteroatoms. The van der Waals surface area contributed by atoms with Gasteiger partial charge in [0.2, 0.25) is 0 Å². The lowest BCUT2D eigenvalue weighted by atomic mass is 10.1. The third-order valence-corrected chi connectivity index (χ3v) is 4.00. The van der Waals surface area contributed by atoms with E-state index >= 15 is 0 Å². The Hall–Kier alpha value is -1.61. The van der Waals surface area contributed by atoms with Crippen LogP contribution in [0.3, 0.4) is 0 Å². The van der Waals surface area contributed by atoms with Crippen LogP contribution in [0.5, 0.6) is 0 Å². The van der Waals surface area contributed by atoms with Crippen molar-refractivity contribution in [3.05, 3.63) is 52.6 Å². The summed E-state index contributed by atoms with van der Waals surface area (Å²) in [5, 5.41) is 3.20. The van der Waals surface area contributed by atoms with Crippen LogP contribution in [0.25, 0.3) is 0 Å². The Labute approximate surface area is 114 Å². The van der Waals surface area contributed by atoms with Gasteiger partial charge in [-0.15, -0.1) is 0 Å². The van der Waals surface area contributed by atoms with Crippen LogP contribution in [0, 0.1) is 6.92 Å². The smallest absolute Gasteiger partial charge is 0.106 e. The minimum atomic E-state index is 0.867. The van der Waals surface area contributed by atoms with E-state index in [4.69, 9.17) is 0 Å². The number of nitrogens with one attached hydrogen (secondary N) is 1. The molecule has 1 N–H and O–H groups in total. The third-order valence-electron chi connectivity index (χ3n) is 4.00. The molecule has 0 aliphatic heterocycles. The van der Waals surface area contributed by atoms with Gasteiger partial charge >= 0.3 is 0 Å². The summed E-state index contributed by atoms with van der Waals surface area (Å²) in [6.07, 6.45) is 5.78. The fourth-order valence-electron chi connectivity index (χ4n) is 2.96. The van der Waals surface area contributed by atoms with Gasteiger partial charge in [0, 0.05) is 19.3 Å². The standard InChI is InChI=1S/C16H21N3/c1-12-18-10-16(9-17-2)19(12)11-13-6-7-14-4-3-5-15(14)8-13/h6-8,10,17H,3-5,9,11H2,1-2H3. The van der Waals surface area contributed by atoms with E-state index < -0.39 is 0 Å². The molecule has 3 nitrogen and oxygen atoms in total. The summed E-state index contributed by atoms with van der Waals surface area (Å²) in [6, 6.07) is 6.96. The number of hydrogen-bond donors (Lipinski definition) is 1. The van der Waals surface area contributed by atoms with Crippen molar-refractivity contribution < 1.29 is 0 Å². The van der Waals surface area contributed by atoms with E-state index in [2.05, 4.69) is 40.0 Å². The average molecular weight is 255 g/mol. The maximum atomic E-state index is 4.43. The molecular weight excluding hydrogens is 234 g/mol. The molecular formula is C16H21N3. The van der Waals surface area contributed by atoms with Crippen molar-refractivity contribution in [3.8, 4) is 0 Å². The number of imidazole rings is 1. The molecule has 1 aliphatic rings. The van der Waals surface area contributed by atoms with Gasteiger partial charge in [-0.3, -0.25) is 0 Å². The van der Waals surface area contributed by atoms with E-state index in [0.717, 1.165) is 18.9 Å². The molecule has 1 aliphatic carbocycles. The number of benzene rings is 1. The molecule has 0 saturated carbocycles. The highest BCUT2D eigenvalue weighted by atomic mass is 15.1. The van der Waals surface area contributed by atoms with Gasteiger partial charge in [-0.1, -0.05) is 18.2 Å². The summed E-state index contributed by atoms with van der Waals surface area (Å²) >= 11 is 0. The van der Waals surface area contributed by atoms with Gasteiger partial charge in [0.05, 0.1) is 5.69 Å². The van der Waals surface area contributed by atoms with Crippen molar-refractivity contribution in [1.29, 1.82) is 0 Å². The van der Waals surface area contributed by atoms with Crippen molar-refractivity contribution in [2.24, 2.45) is 0 Å². The van der Waals surface area contributed by atoms with Crippen molar-refractivity contribution in [2.45, 2.75) is 39.3 Å². The van der Waals surface area contributed by atoms with E-state index in [0.29, 0.717) is 0 Å². The number of fused-ring (bicyclic) bond motifs is 1. The first-order chi connectivity index (χ1) is 9.28. The largest absolute Gasteiger partial charge is 0.327 e. The molecule has 0 radical (unpaired) electrons. The van der Waals surface area contributed by atoms with Gasteiger partial charge < -0.3 is 9.88 Å². The molecule has 1 aromatic heterocycles. The van der Waals surface area contributed by atoms with Crippen molar-refractivity contribution in [2.75, 3.05) is 7.05 Å². The summed E-state index contributed by atoms with van der Waals surface area (Å²) < 4.78 is 2.30. The highest BCUT2D eigenvalue weighted by Crippen LogP contribution is 2.23. The number of hydrogen-bond acceptors (Lipinski definition) is 2. The molecule has 1 heterocycles. The highest BCUT2D eigenvalue weighted by Gasteiger charge is 2.12. The maximum Gasteiger partial charge on any atom is 0.106 e. The van der Waals surface area contributed by atoms with E-state index in [-0.39, 0.29) is 0 Å². The van der Waals surface area contributed by atoms with Crippen molar-refractivity contribution in [1.82, 2.24) is 14.9 Å². The Morgan fingerprint density at radius 2 is 2.11 bits per heavy atom. The fourth-order valence-corrected chi connectivity index (χ4v) is 2.96. The normalized spacial score (nSPS) is 13.8. The Kier molecular flexibility index (Phi) is 3.38. The highest BCUT2D eigenvalue weighted by molar-refractivity contribution is 5.35. The minimum absolute atomic E-state index is 0.867. The predicted molar refractivity (Wildman–Crippen MR) is 77.3 cm³/mol. The van der Waals surface area contributed by atoms with Crippen LogP contribution in [-0.4, -0.2) is 16.6 Å². The second-order valence-corrected chi connectivity index (χ2v) is 5.37. The van der Waals surface area contributed by atoms with Gasteiger partial charge in [-0.05, 0) is 49.9 Å². The first kappa shape index (κ1) is 12.4. The summed E-state index contributed by atoms with van der Waals surface area (Å²) in [6.45, 7) is 3.87. The van der Waals surface area contributed by atoms with Gasteiger partial charge in [-0.25, -0.2) is 4.98 Å². The Morgan fingerprint density at radius 3 is 2.95 bits per heavy atom. The summed E-state index contributed by atoms with van der Waals surface area (Å²) in [5.74, 6) is 1.09. The van der Waals surface area contributed by atoms with E-state index in [1.54, 1.807) is 11.1 Å². The van der Waals surface area contributed by atoms with Crippen LogP contribution >= 0.6 is 0 Å². The lowest BCUT2D eigenvalue weighted by Gasteiger charge is -2.11. The Morgan fingerprint density at radius 1 is 1.26 bits per heavy atom. The Balaban J connectivity index is 1.87. The van der Waals surface area contributed by atoms with Gasteiger partial charge in [-0.2, -0.15) is 0 Å². The predicted octanol–water partition coefficient (Wildman–Crippen LogP) is 2.45. The zero-order chi connectivity index (χ0) is 13.2.